The number of carbonyl (C=O) groups is 1. The van der Waals surface area contributed by atoms with E-state index < -0.39 is 30.5 Å². The van der Waals surface area contributed by atoms with Gasteiger partial charge >= 0.3 is 12.1 Å². The van der Waals surface area contributed by atoms with Crippen molar-refractivity contribution in [3.05, 3.63) is 109 Å². The highest BCUT2D eigenvalue weighted by molar-refractivity contribution is 5.69. The molecule has 0 unspecified atom stereocenters. The largest absolute Gasteiger partial charge is 0.469 e. The van der Waals surface area contributed by atoms with E-state index in [1.165, 1.54) is 31.4 Å². The minimum atomic E-state index is -4.72. The first-order chi connectivity index (χ1) is 19.3. The summed E-state index contributed by atoms with van der Waals surface area (Å²) in [7, 11) is 2.28. The number of allylic oxidation sites excluding steroid dienone is 11. The number of hydrogen-bond acceptors (Lipinski definition) is 4. The fourth-order valence-corrected chi connectivity index (χ4v) is 3.65. The first-order valence-electron chi connectivity index (χ1n) is 13.6. The van der Waals surface area contributed by atoms with Crippen molar-refractivity contribution < 1.29 is 32.2 Å². The molecule has 0 fully saturated rings. The SMILES string of the molecule is CC/C=C\C/C=C\C/C=C\C/C=C\C/C=C\C=C[C@@H](CCC(=O)OC)OC[C@](OC)(c1ccccc1)C(F)(F)F. The van der Waals surface area contributed by atoms with E-state index in [0.29, 0.717) is 6.42 Å². The molecule has 40 heavy (non-hydrogen) atoms. The van der Waals surface area contributed by atoms with Crippen LogP contribution in [0.2, 0.25) is 0 Å². The third-order valence-electron chi connectivity index (χ3n) is 5.97. The molecule has 220 valence electrons. The number of hydrogen-bond donors (Lipinski definition) is 0. The van der Waals surface area contributed by atoms with Gasteiger partial charge in [0, 0.05) is 13.5 Å². The number of halogens is 3. The van der Waals surface area contributed by atoms with Crippen molar-refractivity contribution in [2.75, 3.05) is 20.8 Å². The summed E-state index contributed by atoms with van der Waals surface area (Å²) in [6, 6.07) is 7.39. The Hall–Kier alpha value is -3.16. The fourth-order valence-electron chi connectivity index (χ4n) is 3.65. The second-order valence-electron chi connectivity index (χ2n) is 8.91. The second-order valence-corrected chi connectivity index (χ2v) is 8.91. The van der Waals surface area contributed by atoms with Crippen LogP contribution < -0.4 is 0 Å². The van der Waals surface area contributed by atoms with Gasteiger partial charge < -0.3 is 14.2 Å². The lowest BCUT2D eigenvalue weighted by Crippen LogP contribution is -2.48. The Morgan fingerprint density at radius 3 is 1.88 bits per heavy atom. The standard InChI is InChI=1S/C33H43F3O4/c1-4-5-6-7-8-9-10-11-12-13-14-15-16-17-18-22-25-30(26-27-31(37)38-2)40-28-32(39-3,33(34,35)36)29-23-20-19-21-24-29/h5-6,8-9,11-12,14-15,17-25,30H,4,7,10,13,16,26-28H2,1-3H3/b6-5-,9-8-,12-11-,15-14-,18-17-,25-22?/t30-,32-/m0/s1. The van der Waals surface area contributed by atoms with Crippen LogP contribution in [0.4, 0.5) is 13.2 Å². The van der Waals surface area contributed by atoms with E-state index in [0.717, 1.165) is 32.8 Å². The summed E-state index contributed by atoms with van der Waals surface area (Å²) in [4.78, 5) is 11.6. The third-order valence-corrected chi connectivity index (χ3v) is 5.97. The van der Waals surface area contributed by atoms with Crippen LogP contribution in [0.5, 0.6) is 0 Å². The van der Waals surface area contributed by atoms with Gasteiger partial charge in [0.2, 0.25) is 5.60 Å². The molecule has 2 atom stereocenters. The van der Waals surface area contributed by atoms with Crippen LogP contribution in [0, 0.1) is 0 Å². The molecule has 0 aromatic heterocycles. The molecule has 0 aliphatic carbocycles. The predicted molar refractivity (Wildman–Crippen MR) is 156 cm³/mol. The molecular formula is C33H43F3O4. The maximum atomic E-state index is 14.2. The Morgan fingerprint density at radius 1 is 0.825 bits per heavy atom. The Balaban J connectivity index is 2.67. The molecule has 0 spiro atoms. The second kappa shape index (κ2) is 20.7. The number of alkyl halides is 3. The molecule has 7 heteroatoms. The quantitative estimate of drug-likeness (QED) is 0.0964. The van der Waals surface area contributed by atoms with Gasteiger partial charge in [-0.1, -0.05) is 110 Å². The van der Waals surface area contributed by atoms with Gasteiger partial charge in [0.15, 0.2) is 0 Å². The number of methoxy groups -OCH3 is 2. The predicted octanol–water partition coefficient (Wildman–Crippen LogP) is 8.74. The molecule has 1 rings (SSSR count). The molecular weight excluding hydrogens is 517 g/mol. The molecule has 1 aromatic carbocycles. The minimum absolute atomic E-state index is 0.00844. The summed E-state index contributed by atoms with van der Waals surface area (Å²) in [5.74, 6) is -0.464. The monoisotopic (exact) mass is 560 g/mol. The van der Waals surface area contributed by atoms with Crippen LogP contribution in [-0.2, 0) is 24.6 Å². The minimum Gasteiger partial charge on any atom is -0.469 e. The number of esters is 1. The Kier molecular flexibility index (Phi) is 18.0. The van der Waals surface area contributed by atoms with Crippen molar-refractivity contribution in [1.82, 2.24) is 0 Å². The summed E-state index contributed by atoms with van der Waals surface area (Å²) in [6.07, 6.45) is 23.3. The van der Waals surface area contributed by atoms with Crippen LogP contribution in [0.25, 0.3) is 0 Å². The molecule has 0 saturated carbocycles. The summed E-state index contributed by atoms with van der Waals surface area (Å²) in [6.45, 7) is 1.35. The maximum absolute atomic E-state index is 14.2. The van der Waals surface area contributed by atoms with Crippen LogP contribution in [0.15, 0.2) is 103 Å². The Bertz CT molecular complexity index is 991. The zero-order chi connectivity index (χ0) is 29.5. The third kappa shape index (κ3) is 13.8. The van der Waals surface area contributed by atoms with Gasteiger partial charge in [-0.25, -0.2) is 0 Å². The number of carbonyl (C=O) groups excluding carboxylic acids is 1. The highest BCUT2D eigenvalue weighted by Crippen LogP contribution is 2.42. The number of ether oxygens (including phenoxy) is 3. The van der Waals surface area contributed by atoms with E-state index in [-0.39, 0.29) is 18.4 Å². The molecule has 1 aromatic rings. The lowest BCUT2D eigenvalue weighted by molar-refractivity contribution is -0.293. The van der Waals surface area contributed by atoms with Gasteiger partial charge in [-0.05, 0) is 44.1 Å². The zero-order valence-electron chi connectivity index (χ0n) is 23.8. The fraction of sp³-hybridized carbons (Fsp3) is 0.424. The molecule has 4 nitrogen and oxygen atoms in total. The number of benzene rings is 1. The Morgan fingerprint density at radius 2 is 1.38 bits per heavy atom. The molecule has 0 amide bonds. The van der Waals surface area contributed by atoms with E-state index in [1.807, 2.05) is 12.2 Å². The summed E-state index contributed by atoms with van der Waals surface area (Å²) in [5, 5.41) is 0. The van der Waals surface area contributed by atoms with Gasteiger partial charge in [0.1, 0.15) is 0 Å². The zero-order valence-corrected chi connectivity index (χ0v) is 23.8. The van der Waals surface area contributed by atoms with Crippen molar-refractivity contribution in [2.45, 2.75) is 69.8 Å². The lowest BCUT2D eigenvalue weighted by Gasteiger charge is -2.35. The van der Waals surface area contributed by atoms with Crippen molar-refractivity contribution >= 4 is 5.97 Å². The van der Waals surface area contributed by atoms with Gasteiger partial charge in [-0.2, -0.15) is 13.2 Å². The first kappa shape index (κ1) is 34.9. The van der Waals surface area contributed by atoms with Crippen LogP contribution >= 0.6 is 0 Å². The topological polar surface area (TPSA) is 44.8 Å². The van der Waals surface area contributed by atoms with E-state index in [2.05, 4.69) is 54.2 Å². The molecule has 0 bridgehead atoms. The van der Waals surface area contributed by atoms with E-state index in [4.69, 9.17) is 9.47 Å². The van der Waals surface area contributed by atoms with Crippen molar-refractivity contribution in [3.8, 4) is 0 Å². The van der Waals surface area contributed by atoms with Gasteiger partial charge in [0.05, 0.1) is 19.8 Å². The molecule has 0 aliphatic heterocycles. The van der Waals surface area contributed by atoms with Gasteiger partial charge in [-0.3, -0.25) is 4.79 Å². The Labute approximate surface area is 237 Å². The van der Waals surface area contributed by atoms with Crippen molar-refractivity contribution in [1.29, 1.82) is 0 Å². The van der Waals surface area contributed by atoms with Crippen LogP contribution in [-0.4, -0.2) is 39.1 Å². The van der Waals surface area contributed by atoms with Crippen molar-refractivity contribution in [2.24, 2.45) is 0 Å². The molecule has 0 radical (unpaired) electrons. The van der Waals surface area contributed by atoms with Crippen LogP contribution in [0.1, 0.15) is 57.4 Å². The lowest BCUT2D eigenvalue weighted by atomic mass is 9.93. The molecule has 0 aliphatic rings. The maximum Gasteiger partial charge on any atom is 0.424 e. The first-order valence-corrected chi connectivity index (χ1v) is 13.6. The normalized spacial score (nSPS) is 15.3. The smallest absolute Gasteiger partial charge is 0.424 e. The molecule has 0 heterocycles. The summed E-state index contributed by atoms with van der Waals surface area (Å²) in [5.41, 5.74) is -2.69. The number of rotatable bonds is 19. The summed E-state index contributed by atoms with van der Waals surface area (Å²) < 4.78 is 57.9. The average molecular weight is 561 g/mol. The van der Waals surface area contributed by atoms with Gasteiger partial charge in [-0.15, -0.1) is 0 Å². The van der Waals surface area contributed by atoms with E-state index in [9.17, 15) is 18.0 Å². The van der Waals surface area contributed by atoms with E-state index in [1.54, 1.807) is 24.3 Å². The summed E-state index contributed by atoms with van der Waals surface area (Å²) >= 11 is 0. The molecule has 0 N–H and O–H groups in total. The highest BCUT2D eigenvalue weighted by atomic mass is 19.4. The van der Waals surface area contributed by atoms with Crippen LogP contribution in [0.3, 0.4) is 0 Å². The molecule has 0 saturated heterocycles. The average Bonchev–Trinajstić information content (AvgIpc) is 2.95. The van der Waals surface area contributed by atoms with Gasteiger partial charge in [0.25, 0.3) is 0 Å². The van der Waals surface area contributed by atoms with E-state index >= 15 is 0 Å². The van der Waals surface area contributed by atoms with Crippen molar-refractivity contribution in [3.63, 3.8) is 0 Å². The highest BCUT2D eigenvalue weighted by Gasteiger charge is 2.57.